The van der Waals surface area contributed by atoms with Crippen LogP contribution in [0.5, 0.6) is 0 Å². The van der Waals surface area contributed by atoms with Crippen molar-refractivity contribution in [2.75, 3.05) is 5.32 Å². The molecule has 0 saturated carbocycles. The first-order valence-corrected chi connectivity index (χ1v) is 10.1. The van der Waals surface area contributed by atoms with Crippen LogP contribution in [0.2, 0.25) is 0 Å². The fourth-order valence-corrected chi connectivity index (χ4v) is 4.36. The highest BCUT2D eigenvalue weighted by Gasteiger charge is 2.26. The van der Waals surface area contributed by atoms with Crippen LogP contribution >= 0.6 is 0 Å². The lowest BCUT2D eigenvalue weighted by molar-refractivity contribution is -0.110. The largest absolute Gasteiger partial charge is 0.359 e. The van der Waals surface area contributed by atoms with E-state index in [0.717, 1.165) is 35.4 Å². The van der Waals surface area contributed by atoms with Gasteiger partial charge in [-0.3, -0.25) is 4.79 Å². The van der Waals surface area contributed by atoms with Crippen molar-refractivity contribution in [2.45, 2.75) is 64.7 Å². The molecule has 0 fully saturated rings. The van der Waals surface area contributed by atoms with E-state index in [4.69, 9.17) is 0 Å². The number of aromatic nitrogens is 1. The van der Waals surface area contributed by atoms with Crippen LogP contribution in [0.1, 0.15) is 79.9 Å². The summed E-state index contributed by atoms with van der Waals surface area (Å²) < 4.78 is 0. The number of carbonyl (C=O) groups excluding carboxylic acids is 1. The van der Waals surface area contributed by atoms with E-state index in [2.05, 4.69) is 42.3 Å². The number of nitrogens with one attached hydrogen (secondary N) is 2. The second kappa shape index (κ2) is 7.14. The van der Waals surface area contributed by atoms with Crippen LogP contribution in [0.3, 0.4) is 0 Å². The SMILES string of the molecule is CCCCc1ccc2c(c1)C(=Cc1cc3c([nH]1)CCCC3CC)C(=O)N2. The zero-order chi connectivity index (χ0) is 18.1. The second-order valence-corrected chi connectivity index (χ2v) is 7.65. The van der Waals surface area contributed by atoms with Crippen molar-refractivity contribution in [1.29, 1.82) is 0 Å². The van der Waals surface area contributed by atoms with Gasteiger partial charge in [0, 0.05) is 22.6 Å². The molecule has 2 N–H and O–H groups in total. The van der Waals surface area contributed by atoms with Crippen molar-refractivity contribution in [3.63, 3.8) is 0 Å². The molecule has 0 bridgehead atoms. The maximum atomic E-state index is 12.5. The number of benzene rings is 1. The van der Waals surface area contributed by atoms with Crippen LogP contribution in [0, 0.1) is 0 Å². The van der Waals surface area contributed by atoms with E-state index in [1.165, 1.54) is 48.9 Å². The monoisotopic (exact) mass is 348 g/mol. The minimum absolute atomic E-state index is 0.00672. The number of amides is 1. The number of anilines is 1. The normalized spacial score (nSPS) is 20.2. The van der Waals surface area contributed by atoms with Gasteiger partial charge in [0.2, 0.25) is 0 Å². The molecule has 2 aromatic rings. The molecule has 136 valence electrons. The van der Waals surface area contributed by atoms with Gasteiger partial charge in [0.25, 0.3) is 5.91 Å². The Morgan fingerprint density at radius 2 is 2.12 bits per heavy atom. The summed E-state index contributed by atoms with van der Waals surface area (Å²) in [5, 5.41) is 3.01. The average Bonchev–Trinajstić information content (AvgIpc) is 3.20. The lowest BCUT2D eigenvalue weighted by Gasteiger charge is -2.20. The molecule has 0 saturated heterocycles. The number of unbranched alkanes of at least 4 members (excludes halogenated alkanes) is 1. The summed E-state index contributed by atoms with van der Waals surface area (Å²) in [7, 11) is 0. The molecule has 4 rings (SSSR count). The predicted molar refractivity (Wildman–Crippen MR) is 108 cm³/mol. The van der Waals surface area contributed by atoms with Crippen LogP contribution in [0.4, 0.5) is 5.69 Å². The first-order chi connectivity index (χ1) is 12.7. The van der Waals surface area contributed by atoms with Gasteiger partial charge in [-0.25, -0.2) is 0 Å². The van der Waals surface area contributed by atoms with Crippen molar-refractivity contribution < 1.29 is 4.79 Å². The summed E-state index contributed by atoms with van der Waals surface area (Å²) in [5.41, 5.74) is 7.96. The second-order valence-electron chi connectivity index (χ2n) is 7.65. The molecule has 3 heteroatoms. The highest BCUT2D eigenvalue weighted by Crippen LogP contribution is 2.37. The summed E-state index contributed by atoms with van der Waals surface area (Å²) in [6.07, 6.45) is 10.3. The Labute approximate surface area is 155 Å². The molecular formula is C23H28N2O. The number of hydrogen-bond acceptors (Lipinski definition) is 1. The number of aromatic amines is 1. The smallest absolute Gasteiger partial charge is 0.256 e. The molecule has 0 radical (unpaired) electrons. The Morgan fingerprint density at radius 1 is 1.23 bits per heavy atom. The van der Waals surface area contributed by atoms with E-state index in [9.17, 15) is 4.79 Å². The van der Waals surface area contributed by atoms with Gasteiger partial charge in [0.1, 0.15) is 0 Å². The Morgan fingerprint density at radius 3 is 2.92 bits per heavy atom. The molecule has 1 aromatic heterocycles. The standard InChI is InChI=1S/C23H28N2O/c1-3-5-7-15-10-11-22-19(12-15)20(23(26)25-22)14-17-13-18-16(4-2)8-6-9-21(18)24-17/h10-14,16,24H,3-9H2,1-2H3,(H,25,26). The zero-order valence-electron chi connectivity index (χ0n) is 15.8. The number of aryl methyl sites for hydroxylation is 2. The highest BCUT2D eigenvalue weighted by molar-refractivity contribution is 6.34. The van der Waals surface area contributed by atoms with Crippen LogP contribution in [-0.2, 0) is 17.6 Å². The molecule has 2 aliphatic rings. The van der Waals surface area contributed by atoms with Crippen LogP contribution in [0.25, 0.3) is 11.6 Å². The summed E-state index contributed by atoms with van der Waals surface area (Å²) in [6, 6.07) is 8.64. The molecule has 1 amide bonds. The number of H-pyrrole nitrogens is 1. The first-order valence-electron chi connectivity index (χ1n) is 10.1. The van der Waals surface area contributed by atoms with Crippen LogP contribution in [0.15, 0.2) is 24.3 Å². The molecule has 26 heavy (non-hydrogen) atoms. The summed E-state index contributed by atoms with van der Waals surface area (Å²) >= 11 is 0. The van der Waals surface area contributed by atoms with Gasteiger partial charge in [-0.05, 0) is 79.8 Å². The van der Waals surface area contributed by atoms with E-state index in [0.29, 0.717) is 5.92 Å². The quantitative estimate of drug-likeness (QED) is 0.671. The minimum Gasteiger partial charge on any atom is -0.359 e. The third-order valence-corrected chi connectivity index (χ3v) is 5.85. The Hall–Kier alpha value is -2.29. The van der Waals surface area contributed by atoms with E-state index in [-0.39, 0.29) is 5.91 Å². The lowest BCUT2D eigenvalue weighted by atomic mass is 9.85. The fourth-order valence-electron chi connectivity index (χ4n) is 4.36. The van der Waals surface area contributed by atoms with E-state index in [1.807, 2.05) is 12.1 Å². The van der Waals surface area contributed by atoms with Gasteiger partial charge in [0.05, 0.1) is 5.57 Å². The molecule has 1 unspecified atom stereocenters. The number of hydrogen-bond donors (Lipinski definition) is 2. The maximum Gasteiger partial charge on any atom is 0.256 e. The molecule has 0 spiro atoms. The third kappa shape index (κ3) is 3.11. The number of fused-ring (bicyclic) bond motifs is 2. The fraction of sp³-hybridized carbons (Fsp3) is 0.435. The van der Waals surface area contributed by atoms with Gasteiger partial charge < -0.3 is 10.3 Å². The molecule has 2 heterocycles. The van der Waals surface area contributed by atoms with Gasteiger partial charge in [-0.1, -0.05) is 26.3 Å². The van der Waals surface area contributed by atoms with E-state index >= 15 is 0 Å². The Kier molecular flexibility index (Phi) is 4.71. The lowest BCUT2D eigenvalue weighted by Crippen LogP contribution is -2.07. The van der Waals surface area contributed by atoms with Crippen LogP contribution in [-0.4, -0.2) is 10.9 Å². The van der Waals surface area contributed by atoms with Crippen molar-refractivity contribution in [3.05, 3.63) is 52.3 Å². The molecular weight excluding hydrogens is 320 g/mol. The Bertz CT molecular complexity index is 859. The van der Waals surface area contributed by atoms with Crippen molar-refractivity contribution in [3.8, 4) is 0 Å². The topological polar surface area (TPSA) is 44.9 Å². The van der Waals surface area contributed by atoms with E-state index < -0.39 is 0 Å². The predicted octanol–water partition coefficient (Wildman–Crippen LogP) is 5.68. The van der Waals surface area contributed by atoms with Crippen molar-refractivity contribution >= 4 is 23.2 Å². The zero-order valence-corrected chi connectivity index (χ0v) is 15.8. The minimum atomic E-state index is 0.00672. The first kappa shape index (κ1) is 17.1. The van der Waals surface area contributed by atoms with Crippen molar-refractivity contribution in [1.82, 2.24) is 4.98 Å². The average molecular weight is 348 g/mol. The van der Waals surface area contributed by atoms with Gasteiger partial charge in [-0.2, -0.15) is 0 Å². The van der Waals surface area contributed by atoms with Gasteiger partial charge in [-0.15, -0.1) is 0 Å². The van der Waals surface area contributed by atoms with Gasteiger partial charge >= 0.3 is 0 Å². The van der Waals surface area contributed by atoms with E-state index in [1.54, 1.807) is 0 Å². The summed E-state index contributed by atoms with van der Waals surface area (Å²) in [4.78, 5) is 16.1. The van der Waals surface area contributed by atoms with Gasteiger partial charge in [0.15, 0.2) is 0 Å². The number of rotatable bonds is 5. The summed E-state index contributed by atoms with van der Waals surface area (Å²) in [6.45, 7) is 4.48. The molecule has 1 atom stereocenters. The Balaban J connectivity index is 1.68. The van der Waals surface area contributed by atoms with Crippen molar-refractivity contribution in [2.24, 2.45) is 0 Å². The van der Waals surface area contributed by atoms with Crippen LogP contribution < -0.4 is 5.32 Å². The summed E-state index contributed by atoms with van der Waals surface area (Å²) in [5.74, 6) is 0.666. The molecule has 1 aliphatic heterocycles. The number of carbonyl (C=O) groups is 1. The highest BCUT2D eigenvalue weighted by atomic mass is 16.2. The third-order valence-electron chi connectivity index (χ3n) is 5.85. The molecule has 1 aliphatic carbocycles. The molecule has 3 nitrogen and oxygen atoms in total. The molecule has 1 aromatic carbocycles. The maximum absolute atomic E-state index is 12.5.